The second-order valence-corrected chi connectivity index (χ2v) is 6.16. The molecule has 0 unspecified atom stereocenters. The predicted octanol–water partition coefficient (Wildman–Crippen LogP) is 2.63. The minimum absolute atomic E-state index is 0.182. The average Bonchev–Trinajstić information content (AvgIpc) is 2.28. The third kappa shape index (κ3) is 3.49. The molecule has 0 saturated carbocycles. The van der Waals surface area contributed by atoms with E-state index in [1.165, 1.54) is 4.31 Å². The Labute approximate surface area is 106 Å². The van der Waals surface area contributed by atoms with Crippen LogP contribution in [0.1, 0.15) is 13.3 Å². The van der Waals surface area contributed by atoms with E-state index >= 15 is 0 Å². The number of anilines is 1. The first-order valence-electron chi connectivity index (χ1n) is 5.23. The van der Waals surface area contributed by atoms with E-state index in [2.05, 4.69) is 15.9 Å². The fourth-order valence-electron chi connectivity index (χ4n) is 1.48. The van der Waals surface area contributed by atoms with E-state index in [4.69, 9.17) is 0 Å². The Bertz CT molecular complexity index is 405. The van der Waals surface area contributed by atoms with E-state index in [9.17, 15) is 8.42 Å². The standard InChI is InChI=1S/C11H16BrNO2S/c1-2-13(11-7-4-3-5-8-11)16(14,15)10-6-9-12/h3-5,7-8H,2,6,9-10H2,1H3. The molecule has 0 amide bonds. The van der Waals surface area contributed by atoms with Gasteiger partial charge in [0.15, 0.2) is 0 Å². The van der Waals surface area contributed by atoms with Gasteiger partial charge >= 0.3 is 0 Å². The van der Waals surface area contributed by atoms with Gasteiger partial charge in [-0.2, -0.15) is 0 Å². The Morgan fingerprint density at radius 1 is 1.25 bits per heavy atom. The minimum atomic E-state index is -3.18. The Morgan fingerprint density at radius 3 is 2.38 bits per heavy atom. The summed E-state index contributed by atoms with van der Waals surface area (Å²) in [6.07, 6.45) is 0.631. The van der Waals surface area contributed by atoms with Gasteiger partial charge in [-0.15, -0.1) is 0 Å². The zero-order valence-corrected chi connectivity index (χ0v) is 11.7. The Balaban J connectivity index is 2.90. The summed E-state index contributed by atoms with van der Waals surface area (Å²) in [5, 5.41) is 0.707. The number of hydrogen-bond acceptors (Lipinski definition) is 2. The van der Waals surface area contributed by atoms with Gasteiger partial charge in [-0.1, -0.05) is 34.1 Å². The molecule has 0 N–H and O–H groups in total. The Kier molecular flexibility index (Phi) is 5.28. The lowest BCUT2D eigenvalue weighted by Crippen LogP contribution is -2.32. The van der Waals surface area contributed by atoms with Crippen LogP contribution >= 0.6 is 15.9 Å². The molecule has 16 heavy (non-hydrogen) atoms. The first kappa shape index (κ1) is 13.5. The van der Waals surface area contributed by atoms with Crippen molar-refractivity contribution in [2.75, 3.05) is 21.9 Å². The maximum absolute atomic E-state index is 12.0. The highest BCUT2D eigenvalue weighted by Crippen LogP contribution is 2.17. The van der Waals surface area contributed by atoms with Crippen LogP contribution in [0, 0.1) is 0 Å². The monoisotopic (exact) mass is 305 g/mol. The highest BCUT2D eigenvalue weighted by atomic mass is 79.9. The van der Waals surface area contributed by atoms with E-state index in [0.29, 0.717) is 18.3 Å². The van der Waals surface area contributed by atoms with Crippen LogP contribution in [-0.2, 0) is 10.0 Å². The van der Waals surface area contributed by atoms with Crippen LogP contribution in [0.5, 0.6) is 0 Å². The lowest BCUT2D eigenvalue weighted by atomic mass is 10.3. The summed E-state index contributed by atoms with van der Waals surface area (Å²) in [7, 11) is -3.18. The summed E-state index contributed by atoms with van der Waals surface area (Å²) in [6, 6.07) is 9.20. The first-order chi connectivity index (χ1) is 7.61. The Morgan fingerprint density at radius 2 is 1.88 bits per heavy atom. The maximum atomic E-state index is 12.0. The smallest absolute Gasteiger partial charge is 0.235 e. The van der Waals surface area contributed by atoms with E-state index in [0.717, 1.165) is 5.69 Å². The number of nitrogens with zero attached hydrogens (tertiary/aromatic N) is 1. The van der Waals surface area contributed by atoms with Crippen LogP contribution in [0.15, 0.2) is 30.3 Å². The summed E-state index contributed by atoms with van der Waals surface area (Å²) in [6.45, 7) is 2.31. The van der Waals surface area contributed by atoms with Crippen molar-refractivity contribution in [2.45, 2.75) is 13.3 Å². The molecule has 1 aromatic rings. The van der Waals surface area contributed by atoms with Gasteiger partial charge in [-0.05, 0) is 25.5 Å². The molecule has 0 aliphatic rings. The van der Waals surface area contributed by atoms with Gasteiger partial charge in [0.1, 0.15) is 0 Å². The lowest BCUT2D eigenvalue weighted by Gasteiger charge is -2.22. The molecule has 0 fully saturated rings. The zero-order valence-electron chi connectivity index (χ0n) is 9.27. The SMILES string of the molecule is CCN(c1ccccc1)S(=O)(=O)CCCBr. The van der Waals surface area contributed by atoms with Crippen molar-refractivity contribution >= 4 is 31.6 Å². The topological polar surface area (TPSA) is 37.4 Å². The molecular formula is C11H16BrNO2S. The van der Waals surface area contributed by atoms with Crippen molar-refractivity contribution < 1.29 is 8.42 Å². The molecule has 0 radical (unpaired) electrons. The van der Waals surface area contributed by atoms with Gasteiger partial charge in [-0.25, -0.2) is 8.42 Å². The fourth-order valence-corrected chi connectivity index (χ4v) is 3.70. The van der Waals surface area contributed by atoms with Crippen molar-refractivity contribution in [3.63, 3.8) is 0 Å². The molecular weight excluding hydrogens is 290 g/mol. The molecule has 1 aromatic carbocycles. The second-order valence-electron chi connectivity index (χ2n) is 3.36. The van der Waals surface area contributed by atoms with Crippen molar-refractivity contribution in [3.8, 4) is 0 Å². The number of halogens is 1. The van der Waals surface area contributed by atoms with Gasteiger partial charge in [0.2, 0.25) is 10.0 Å². The van der Waals surface area contributed by atoms with Gasteiger partial charge < -0.3 is 0 Å². The van der Waals surface area contributed by atoms with Crippen LogP contribution in [-0.4, -0.2) is 26.0 Å². The van der Waals surface area contributed by atoms with Crippen molar-refractivity contribution in [1.82, 2.24) is 0 Å². The molecule has 0 spiro atoms. The number of alkyl halides is 1. The molecule has 90 valence electrons. The zero-order chi connectivity index (χ0) is 12.0. The van der Waals surface area contributed by atoms with E-state index in [1.807, 2.05) is 37.3 Å². The van der Waals surface area contributed by atoms with E-state index in [-0.39, 0.29) is 5.75 Å². The molecule has 5 heteroatoms. The summed E-state index contributed by atoms with van der Waals surface area (Å²) >= 11 is 3.25. The van der Waals surface area contributed by atoms with Crippen molar-refractivity contribution in [1.29, 1.82) is 0 Å². The van der Waals surface area contributed by atoms with E-state index < -0.39 is 10.0 Å². The largest absolute Gasteiger partial charge is 0.271 e. The molecule has 0 saturated heterocycles. The van der Waals surface area contributed by atoms with Crippen LogP contribution in [0.3, 0.4) is 0 Å². The van der Waals surface area contributed by atoms with E-state index in [1.54, 1.807) is 0 Å². The molecule has 3 nitrogen and oxygen atoms in total. The van der Waals surface area contributed by atoms with Gasteiger partial charge in [0.25, 0.3) is 0 Å². The van der Waals surface area contributed by atoms with Gasteiger partial charge in [0.05, 0.1) is 11.4 Å². The summed E-state index contributed by atoms with van der Waals surface area (Å²) in [4.78, 5) is 0. The normalized spacial score (nSPS) is 11.4. The van der Waals surface area contributed by atoms with Crippen molar-refractivity contribution in [2.24, 2.45) is 0 Å². The Hall–Kier alpha value is -0.550. The minimum Gasteiger partial charge on any atom is -0.271 e. The maximum Gasteiger partial charge on any atom is 0.235 e. The summed E-state index contributed by atoms with van der Waals surface area (Å²) in [5.41, 5.74) is 0.736. The fraction of sp³-hybridized carbons (Fsp3) is 0.455. The van der Waals surface area contributed by atoms with Crippen LogP contribution < -0.4 is 4.31 Å². The molecule has 0 bridgehead atoms. The third-order valence-electron chi connectivity index (χ3n) is 2.20. The predicted molar refractivity (Wildman–Crippen MR) is 71.7 cm³/mol. The van der Waals surface area contributed by atoms with Crippen molar-refractivity contribution in [3.05, 3.63) is 30.3 Å². The highest BCUT2D eigenvalue weighted by molar-refractivity contribution is 9.09. The third-order valence-corrected chi connectivity index (χ3v) is 4.71. The van der Waals surface area contributed by atoms with Gasteiger partial charge in [0, 0.05) is 11.9 Å². The molecule has 0 aliphatic heterocycles. The molecule has 0 aliphatic carbocycles. The average molecular weight is 306 g/mol. The molecule has 0 atom stereocenters. The second kappa shape index (κ2) is 6.25. The number of sulfonamides is 1. The van der Waals surface area contributed by atoms with Crippen LogP contribution in [0.4, 0.5) is 5.69 Å². The number of hydrogen-bond donors (Lipinski definition) is 0. The van der Waals surface area contributed by atoms with Crippen LogP contribution in [0.25, 0.3) is 0 Å². The highest BCUT2D eigenvalue weighted by Gasteiger charge is 2.19. The molecule has 0 heterocycles. The number of benzene rings is 1. The number of para-hydroxylation sites is 1. The van der Waals surface area contributed by atoms with Gasteiger partial charge in [-0.3, -0.25) is 4.31 Å². The van der Waals surface area contributed by atoms with Crippen LogP contribution in [0.2, 0.25) is 0 Å². The number of rotatable bonds is 6. The first-order valence-corrected chi connectivity index (χ1v) is 7.96. The molecule has 1 rings (SSSR count). The quantitative estimate of drug-likeness (QED) is 0.758. The summed E-state index contributed by atoms with van der Waals surface area (Å²) in [5.74, 6) is 0.182. The molecule has 0 aromatic heterocycles. The summed E-state index contributed by atoms with van der Waals surface area (Å²) < 4.78 is 25.5. The lowest BCUT2D eigenvalue weighted by molar-refractivity contribution is 0.590.